The molecule has 5 heteroatoms. The third kappa shape index (κ3) is 2.19. The van der Waals surface area contributed by atoms with Crippen LogP contribution in [-0.2, 0) is 0 Å². The van der Waals surface area contributed by atoms with Crippen molar-refractivity contribution < 1.29 is 9.18 Å². The highest BCUT2D eigenvalue weighted by molar-refractivity contribution is 6.39. The lowest BCUT2D eigenvalue weighted by molar-refractivity contribution is 0.100. The van der Waals surface area contributed by atoms with E-state index in [9.17, 15) is 9.18 Å². The molecule has 0 fully saturated rings. The van der Waals surface area contributed by atoms with Gasteiger partial charge in [-0.2, -0.15) is 0 Å². The van der Waals surface area contributed by atoms with Crippen molar-refractivity contribution in [1.29, 1.82) is 0 Å². The molecule has 0 saturated carbocycles. The lowest BCUT2D eigenvalue weighted by Crippen LogP contribution is -2.13. The molecular formula is C13H8Cl2FNO. The van der Waals surface area contributed by atoms with E-state index in [1.165, 1.54) is 18.2 Å². The first-order valence-electron chi connectivity index (χ1n) is 5.05. The Labute approximate surface area is 113 Å². The fraction of sp³-hybridized carbons (Fsp3) is 0. The molecule has 0 saturated heterocycles. The summed E-state index contributed by atoms with van der Waals surface area (Å²) < 4.78 is 13.9. The zero-order chi connectivity index (χ0) is 13.3. The second kappa shape index (κ2) is 4.96. The van der Waals surface area contributed by atoms with Crippen LogP contribution in [0.25, 0.3) is 11.1 Å². The Hall–Kier alpha value is -1.58. The quantitative estimate of drug-likeness (QED) is 0.893. The summed E-state index contributed by atoms with van der Waals surface area (Å²) in [7, 11) is 0. The highest BCUT2D eigenvalue weighted by atomic mass is 35.5. The van der Waals surface area contributed by atoms with Crippen molar-refractivity contribution in [2.24, 2.45) is 5.73 Å². The number of primary amides is 1. The van der Waals surface area contributed by atoms with Crippen molar-refractivity contribution in [3.05, 3.63) is 57.8 Å². The van der Waals surface area contributed by atoms with Crippen LogP contribution in [0.5, 0.6) is 0 Å². The highest BCUT2D eigenvalue weighted by Crippen LogP contribution is 2.37. The van der Waals surface area contributed by atoms with Crippen LogP contribution in [0.3, 0.4) is 0 Å². The van der Waals surface area contributed by atoms with Gasteiger partial charge in [0.25, 0.3) is 0 Å². The highest BCUT2D eigenvalue weighted by Gasteiger charge is 2.19. The van der Waals surface area contributed by atoms with Gasteiger partial charge in [-0.3, -0.25) is 4.79 Å². The van der Waals surface area contributed by atoms with Crippen molar-refractivity contribution in [2.75, 3.05) is 0 Å². The van der Waals surface area contributed by atoms with Crippen LogP contribution in [0.4, 0.5) is 4.39 Å². The molecule has 2 rings (SSSR count). The van der Waals surface area contributed by atoms with Gasteiger partial charge in [-0.05, 0) is 24.3 Å². The van der Waals surface area contributed by atoms with Gasteiger partial charge in [0.05, 0.1) is 10.0 Å². The fourth-order valence-electron chi connectivity index (χ4n) is 1.72. The lowest BCUT2D eigenvalue weighted by atomic mass is 9.98. The van der Waals surface area contributed by atoms with Gasteiger partial charge in [0.2, 0.25) is 5.91 Å². The number of hydrogen-bond donors (Lipinski definition) is 1. The van der Waals surface area contributed by atoms with E-state index in [0.29, 0.717) is 0 Å². The van der Waals surface area contributed by atoms with Gasteiger partial charge in [-0.1, -0.05) is 35.3 Å². The Kier molecular flexibility index (Phi) is 3.55. The Balaban J connectivity index is 2.82. The van der Waals surface area contributed by atoms with E-state index in [1.807, 2.05) is 0 Å². The van der Waals surface area contributed by atoms with Crippen LogP contribution in [0.1, 0.15) is 10.4 Å². The van der Waals surface area contributed by atoms with E-state index in [4.69, 9.17) is 28.9 Å². The average molecular weight is 284 g/mol. The largest absolute Gasteiger partial charge is 0.366 e. The minimum absolute atomic E-state index is 0.0283. The maximum absolute atomic E-state index is 13.9. The fourth-order valence-corrected chi connectivity index (χ4v) is 2.31. The van der Waals surface area contributed by atoms with Crippen molar-refractivity contribution >= 4 is 29.1 Å². The summed E-state index contributed by atoms with van der Waals surface area (Å²) in [6.45, 7) is 0. The molecule has 2 aromatic rings. The van der Waals surface area contributed by atoms with Crippen LogP contribution in [0, 0.1) is 5.82 Å². The molecule has 0 bridgehead atoms. The molecule has 18 heavy (non-hydrogen) atoms. The lowest BCUT2D eigenvalue weighted by Gasteiger charge is -2.11. The Morgan fingerprint density at radius 2 is 1.56 bits per heavy atom. The van der Waals surface area contributed by atoms with Gasteiger partial charge in [-0.15, -0.1) is 0 Å². The second-order valence-corrected chi connectivity index (χ2v) is 4.44. The van der Waals surface area contributed by atoms with E-state index in [-0.39, 0.29) is 26.7 Å². The van der Waals surface area contributed by atoms with Gasteiger partial charge in [0, 0.05) is 16.7 Å². The molecule has 2 aromatic carbocycles. The molecule has 0 atom stereocenters. The molecule has 0 aliphatic rings. The molecule has 2 N–H and O–H groups in total. The summed E-state index contributed by atoms with van der Waals surface area (Å²) in [5.41, 5.74) is 5.57. The van der Waals surface area contributed by atoms with Crippen LogP contribution < -0.4 is 5.73 Å². The standard InChI is InChI=1S/C13H8Cl2FNO/c14-8-4-2-5-9(15)12(8)11-7(13(17)18)3-1-6-10(11)16/h1-6H,(H2,17,18). The zero-order valence-corrected chi connectivity index (χ0v) is 10.6. The number of carbonyl (C=O) groups excluding carboxylic acids is 1. The minimum Gasteiger partial charge on any atom is -0.366 e. The van der Waals surface area contributed by atoms with E-state index >= 15 is 0 Å². The van der Waals surface area contributed by atoms with Crippen LogP contribution in [0.15, 0.2) is 36.4 Å². The molecule has 0 aliphatic heterocycles. The summed E-state index contributed by atoms with van der Waals surface area (Å²) in [4.78, 5) is 11.3. The smallest absolute Gasteiger partial charge is 0.249 e. The van der Waals surface area contributed by atoms with Crippen molar-refractivity contribution in [1.82, 2.24) is 0 Å². The average Bonchev–Trinajstić information content (AvgIpc) is 2.30. The van der Waals surface area contributed by atoms with Gasteiger partial charge >= 0.3 is 0 Å². The first-order chi connectivity index (χ1) is 8.52. The Morgan fingerprint density at radius 3 is 2.11 bits per heavy atom. The maximum atomic E-state index is 13.9. The van der Waals surface area contributed by atoms with Crippen molar-refractivity contribution in [2.45, 2.75) is 0 Å². The molecular weight excluding hydrogens is 276 g/mol. The monoisotopic (exact) mass is 283 g/mol. The molecule has 0 spiro atoms. The van der Waals surface area contributed by atoms with E-state index < -0.39 is 11.7 Å². The van der Waals surface area contributed by atoms with Crippen LogP contribution in [-0.4, -0.2) is 5.91 Å². The molecule has 0 heterocycles. The van der Waals surface area contributed by atoms with Crippen molar-refractivity contribution in [3.63, 3.8) is 0 Å². The summed E-state index contributed by atoms with van der Waals surface area (Å²) >= 11 is 12.0. The predicted octanol–water partition coefficient (Wildman–Crippen LogP) is 3.90. The van der Waals surface area contributed by atoms with E-state index in [2.05, 4.69) is 0 Å². The van der Waals surface area contributed by atoms with Gasteiger partial charge < -0.3 is 5.73 Å². The Bertz CT molecular complexity index is 608. The first kappa shape index (κ1) is 12.9. The number of nitrogens with two attached hydrogens (primary N) is 1. The normalized spacial score (nSPS) is 10.4. The van der Waals surface area contributed by atoms with Crippen LogP contribution in [0.2, 0.25) is 10.0 Å². The third-order valence-corrected chi connectivity index (χ3v) is 3.12. The van der Waals surface area contributed by atoms with Gasteiger partial charge in [0.1, 0.15) is 5.82 Å². The zero-order valence-electron chi connectivity index (χ0n) is 9.08. The number of amides is 1. The number of hydrogen-bond acceptors (Lipinski definition) is 1. The number of halogens is 3. The molecule has 1 amide bonds. The summed E-state index contributed by atoms with van der Waals surface area (Å²) in [6, 6.07) is 8.84. The van der Waals surface area contributed by atoms with Crippen LogP contribution >= 0.6 is 23.2 Å². The summed E-state index contributed by atoms with van der Waals surface area (Å²) in [5.74, 6) is -1.33. The maximum Gasteiger partial charge on any atom is 0.249 e. The summed E-state index contributed by atoms with van der Waals surface area (Å²) in [5, 5.41) is 0.519. The number of carbonyl (C=O) groups is 1. The topological polar surface area (TPSA) is 43.1 Å². The molecule has 0 radical (unpaired) electrons. The third-order valence-electron chi connectivity index (χ3n) is 2.49. The molecule has 92 valence electrons. The van der Waals surface area contributed by atoms with Gasteiger partial charge in [0.15, 0.2) is 0 Å². The second-order valence-electron chi connectivity index (χ2n) is 3.62. The van der Waals surface area contributed by atoms with Gasteiger partial charge in [-0.25, -0.2) is 4.39 Å². The summed E-state index contributed by atoms with van der Waals surface area (Å²) in [6.07, 6.45) is 0. The van der Waals surface area contributed by atoms with E-state index in [0.717, 1.165) is 0 Å². The molecule has 0 aliphatic carbocycles. The van der Waals surface area contributed by atoms with E-state index in [1.54, 1.807) is 18.2 Å². The SMILES string of the molecule is NC(=O)c1cccc(F)c1-c1c(Cl)cccc1Cl. The number of rotatable bonds is 2. The molecule has 2 nitrogen and oxygen atoms in total. The molecule has 0 unspecified atom stereocenters. The first-order valence-corrected chi connectivity index (χ1v) is 5.80. The minimum atomic E-state index is -0.736. The Morgan fingerprint density at radius 1 is 1.00 bits per heavy atom. The predicted molar refractivity (Wildman–Crippen MR) is 70.4 cm³/mol. The number of benzene rings is 2. The van der Waals surface area contributed by atoms with Crippen molar-refractivity contribution in [3.8, 4) is 11.1 Å². The molecule has 0 aromatic heterocycles.